The van der Waals surface area contributed by atoms with Gasteiger partial charge in [-0.3, -0.25) is 4.21 Å². The van der Waals surface area contributed by atoms with E-state index in [1.807, 2.05) is 6.07 Å². The zero-order valence-electron chi connectivity index (χ0n) is 13.4. The van der Waals surface area contributed by atoms with E-state index in [4.69, 9.17) is 0 Å². The fourth-order valence-electron chi connectivity index (χ4n) is 3.19. The quantitative estimate of drug-likeness (QED) is 0.823. The summed E-state index contributed by atoms with van der Waals surface area (Å²) < 4.78 is 12.8. The summed E-state index contributed by atoms with van der Waals surface area (Å²) in [4.78, 5) is 0. The van der Waals surface area contributed by atoms with E-state index < -0.39 is 10.8 Å². The lowest BCUT2D eigenvalue weighted by molar-refractivity contribution is 0.388. The molecule has 118 valence electrons. The van der Waals surface area contributed by atoms with Crippen LogP contribution in [0.3, 0.4) is 0 Å². The van der Waals surface area contributed by atoms with Crippen LogP contribution in [0.5, 0.6) is 0 Å². The fraction of sp³-hybridized carbons (Fsp3) is 0.667. The van der Waals surface area contributed by atoms with E-state index >= 15 is 0 Å². The Morgan fingerprint density at radius 3 is 2.71 bits per heavy atom. The number of rotatable bonds is 7. The molecule has 0 saturated heterocycles. The molecule has 1 aliphatic rings. The second-order valence-corrected chi connectivity index (χ2v) is 8.12. The standard InChI is InChI=1S/C18H29NOS/c1-3-12-19-18(16-9-5-4-6-10-16)14-21(20)17-11-7-8-15(2)13-17/h4-6,9-10,15,17-19H,3,7-8,11-14H2,1-2H3. The molecule has 1 aromatic carbocycles. The summed E-state index contributed by atoms with van der Waals surface area (Å²) in [7, 11) is -0.724. The van der Waals surface area contributed by atoms with Gasteiger partial charge in [0.05, 0.1) is 0 Å². The van der Waals surface area contributed by atoms with Crippen LogP contribution >= 0.6 is 0 Å². The van der Waals surface area contributed by atoms with Gasteiger partial charge in [0, 0.05) is 27.8 Å². The van der Waals surface area contributed by atoms with E-state index in [-0.39, 0.29) is 6.04 Å². The van der Waals surface area contributed by atoms with Crippen LogP contribution in [0.2, 0.25) is 0 Å². The molecule has 0 aliphatic heterocycles. The first-order valence-corrected chi connectivity index (χ1v) is 9.74. The maximum atomic E-state index is 12.8. The van der Waals surface area contributed by atoms with Crippen molar-refractivity contribution in [1.82, 2.24) is 5.32 Å². The average molecular weight is 308 g/mol. The third-order valence-electron chi connectivity index (χ3n) is 4.43. The molecule has 1 aromatic rings. The average Bonchev–Trinajstić information content (AvgIpc) is 2.52. The topological polar surface area (TPSA) is 29.1 Å². The molecule has 0 aromatic heterocycles. The Morgan fingerprint density at radius 1 is 1.29 bits per heavy atom. The van der Waals surface area contributed by atoms with E-state index in [2.05, 4.69) is 43.4 Å². The van der Waals surface area contributed by atoms with E-state index in [0.717, 1.165) is 37.5 Å². The van der Waals surface area contributed by atoms with Crippen molar-refractivity contribution in [3.63, 3.8) is 0 Å². The minimum absolute atomic E-state index is 0.226. The van der Waals surface area contributed by atoms with Crippen LogP contribution in [0, 0.1) is 5.92 Å². The van der Waals surface area contributed by atoms with Crippen molar-refractivity contribution in [2.75, 3.05) is 12.3 Å². The van der Waals surface area contributed by atoms with Crippen molar-refractivity contribution in [1.29, 1.82) is 0 Å². The normalized spacial score (nSPS) is 25.4. The molecule has 1 aliphatic carbocycles. The molecule has 3 heteroatoms. The van der Waals surface area contributed by atoms with Crippen molar-refractivity contribution in [2.45, 2.75) is 57.2 Å². The van der Waals surface area contributed by atoms with Crippen LogP contribution in [0.1, 0.15) is 57.6 Å². The van der Waals surface area contributed by atoms with Gasteiger partial charge in [0.1, 0.15) is 0 Å². The van der Waals surface area contributed by atoms with Gasteiger partial charge in [-0.05, 0) is 37.3 Å². The van der Waals surface area contributed by atoms with Gasteiger partial charge < -0.3 is 5.32 Å². The van der Waals surface area contributed by atoms with Crippen LogP contribution in [-0.2, 0) is 10.8 Å². The van der Waals surface area contributed by atoms with Gasteiger partial charge in [-0.15, -0.1) is 0 Å². The van der Waals surface area contributed by atoms with Gasteiger partial charge in [0.25, 0.3) is 0 Å². The summed E-state index contributed by atoms with van der Waals surface area (Å²) in [5.41, 5.74) is 1.27. The van der Waals surface area contributed by atoms with Crippen LogP contribution in [0.15, 0.2) is 30.3 Å². The predicted octanol–water partition coefficient (Wildman–Crippen LogP) is 4.05. The van der Waals surface area contributed by atoms with Crippen molar-refractivity contribution in [2.24, 2.45) is 5.92 Å². The molecule has 0 bridgehead atoms. The molecule has 1 N–H and O–H groups in total. The van der Waals surface area contributed by atoms with Crippen LogP contribution < -0.4 is 5.32 Å². The van der Waals surface area contributed by atoms with E-state index in [0.29, 0.717) is 5.25 Å². The highest BCUT2D eigenvalue weighted by Gasteiger charge is 2.26. The van der Waals surface area contributed by atoms with Gasteiger partial charge in [-0.25, -0.2) is 0 Å². The Hall–Kier alpha value is -0.670. The third-order valence-corrected chi connectivity index (χ3v) is 6.27. The molecule has 2 nitrogen and oxygen atoms in total. The van der Waals surface area contributed by atoms with Crippen LogP contribution in [-0.4, -0.2) is 21.8 Å². The Balaban J connectivity index is 1.99. The number of hydrogen-bond donors (Lipinski definition) is 1. The van der Waals surface area contributed by atoms with Gasteiger partial charge in [-0.1, -0.05) is 57.0 Å². The summed E-state index contributed by atoms with van der Waals surface area (Å²) in [6, 6.07) is 10.7. The van der Waals surface area contributed by atoms with E-state index in [1.54, 1.807) is 0 Å². The zero-order chi connectivity index (χ0) is 15.1. The molecule has 0 spiro atoms. The third kappa shape index (κ3) is 5.23. The monoisotopic (exact) mass is 307 g/mol. The van der Waals surface area contributed by atoms with Crippen LogP contribution in [0.4, 0.5) is 0 Å². The smallest absolute Gasteiger partial charge is 0.0436 e. The molecule has 4 atom stereocenters. The maximum absolute atomic E-state index is 12.8. The molecular weight excluding hydrogens is 278 g/mol. The molecule has 21 heavy (non-hydrogen) atoms. The van der Waals surface area contributed by atoms with Gasteiger partial charge >= 0.3 is 0 Å². The zero-order valence-corrected chi connectivity index (χ0v) is 14.2. The van der Waals surface area contributed by atoms with Gasteiger partial charge in [0.15, 0.2) is 0 Å². The Morgan fingerprint density at radius 2 is 2.05 bits per heavy atom. The second kappa shape index (κ2) is 8.70. The molecule has 2 rings (SSSR count). The van der Waals surface area contributed by atoms with Crippen molar-refractivity contribution in [3.05, 3.63) is 35.9 Å². The first-order valence-electron chi connectivity index (χ1n) is 8.36. The van der Waals surface area contributed by atoms with Gasteiger partial charge in [-0.2, -0.15) is 0 Å². The maximum Gasteiger partial charge on any atom is 0.0436 e. The van der Waals surface area contributed by atoms with Gasteiger partial charge in [0.2, 0.25) is 0 Å². The number of benzene rings is 1. The first kappa shape index (κ1) is 16.7. The first-order chi connectivity index (χ1) is 10.2. The predicted molar refractivity (Wildman–Crippen MR) is 91.9 cm³/mol. The number of hydrogen-bond acceptors (Lipinski definition) is 2. The second-order valence-electron chi connectivity index (χ2n) is 6.36. The van der Waals surface area contributed by atoms with Crippen molar-refractivity contribution >= 4 is 10.8 Å². The molecule has 0 amide bonds. The minimum Gasteiger partial charge on any atom is -0.309 e. The molecular formula is C18H29NOS. The Bertz CT molecular complexity index is 434. The largest absolute Gasteiger partial charge is 0.309 e. The molecule has 1 saturated carbocycles. The highest BCUT2D eigenvalue weighted by molar-refractivity contribution is 7.85. The minimum atomic E-state index is -0.724. The lowest BCUT2D eigenvalue weighted by Crippen LogP contribution is -2.32. The molecule has 0 heterocycles. The summed E-state index contributed by atoms with van der Waals surface area (Å²) >= 11 is 0. The fourth-order valence-corrected chi connectivity index (χ4v) is 5.08. The lowest BCUT2D eigenvalue weighted by atomic mass is 9.91. The summed E-state index contributed by atoms with van der Waals surface area (Å²) in [5.74, 6) is 1.49. The number of nitrogens with one attached hydrogen (secondary N) is 1. The highest BCUT2D eigenvalue weighted by Crippen LogP contribution is 2.28. The van der Waals surface area contributed by atoms with E-state index in [1.165, 1.54) is 18.4 Å². The highest BCUT2D eigenvalue weighted by atomic mass is 32.2. The van der Waals surface area contributed by atoms with Crippen LogP contribution in [0.25, 0.3) is 0 Å². The van der Waals surface area contributed by atoms with E-state index in [9.17, 15) is 4.21 Å². The van der Waals surface area contributed by atoms with Crippen molar-refractivity contribution in [3.8, 4) is 0 Å². The Labute approximate surface area is 132 Å². The summed E-state index contributed by atoms with van der Waals surface area (Å²) in [6.07, 6.45) is 5.95. The molecule has 1 fully saturated rings. The summed E-state index contributed by atoms with van der Waals surface area (Å²) in [6.45, 7) is 5.46. The SMILES string of the molecule is CCCNC(CS(=O)C1CCCC(C)C1)c1ccccc1. The molecule has 0 radical (unpaired) electrons. The Kier molecular flexibility index (Phi) is 6.91. The summed E-state index contributed by atoms with van der Waals surface area (Å²) in [5, 5.41) is 3.98. The van der Waals surface area contributed by atoms with Crippen molar-refractivity contribution < 1.29 is 4.21 Å². The molecule has 4 unspecified atom stereocenters. The lowest BCUT2D eigenvalue weighted by Gasteiger charge is -2.28.